The standard InChI is InChI=1S/C14H20ClN5/c1-10(9-19-5-3-2-4-6-19)20-13-12(18-14(20)16)7-11(15)8-17-13/h7-8,10H,2-6,9H2,1H3,(H2,16,18). The fourth-order valence-corrected chi connectivity index (χ4v) is 3.16. The first kappa shape index (κ1) is 13.6. The lowest BCUT2D eigenvalue weighted by Crippen LogP contribution is -2.34. The third-order valence-electron chi connectivity index (χ3n) is 3.94. The van der Waals surface area contributed by atoms with Gasteiger partial charge in [-0.25, -0.2) is 9.97 Å². The molecule has 6 heteroatoms. The van der Waals surface area contributed by atoms with E-state index in [0.29, 0.717) is 11.0 Å². The molecule has 1 atom stereocenters. The van der Waals surface area contributed by atoms with Gasteiger partial charge in [-0.15, -0.1) is 0 Å². The van der Waals surface area contributed by atoms with E-state index in [1.807, 2.05) is 10.6 Å². The number of nitrogens with two attached hydrogens (primary N) is 1. The summed E-state index contributed by atoms with van der Waals surface area (Å²) in [6, 6.07) is 2.07. The molecular formula is C14H20ClN5. The van der Waals surface area contributed by atoms with Gasteiger partial charge in [0, 0.05) is 18.8 Å². The van der Waals surface area contributed by atoms with Crippen LogP contribution in [-0.2, 0) is 0 Å². The fourth-order valence-electron chi connectivity index (χ4n) is 3.01. The number of fused-ring (bicyclic) bond motifs is 1. The van der Waals surface area contributed by atoms with Crippen LogP contribution in [0.2, 0.25) is 5.02 Å². The molecule has 2 N–H and O–H groups in total. The second-order valence-electron chi connectivity index (χ2n) is 5.55. The summed E-state index contributed by atoms with van der Waals surface area (Å²) in [7, 11) is 0. The Morgan fingerprint density at radius 2 is 2.10 bits per heavy atom. The molecule has 0 aliphatic carbocycles. The van der Waals surface area contributed by atoms with Gasteiger partial charge < -0.3 is 10.6 Å². The van der Waals surface area contributed by atoms with E-state index in [2.05, 4.69) is 21.8 Å². The molecule has 3 heterocycles. The Morgan fingerprint density at radius 3 is 2.85 bits per heavy atom. The number of nitrogens with zero attached hydrogens (tertiary/aromatic N) is 4. The van der Waals surface area contributed by atoms with Crippen molar-refractivity contribution in [1.29, 1.82) is 0 Å². The summed E-state index contributed by atoms with van der Waals surface area (Å²) in [4.78, 5) is 11.2. The first-order valence-electron chi connectivity index (χ1n) is 7.16. The predicted molar refractivity (Wildman–Crippen MR) is 82.0 cm³/mol. The highest BCUT2D eigenvalue weighted by Crippen LogP contribution is 2.24. The lowest BCUT2D eigenvalue weighted by Gasteiger charge is -2.29. The molecule has 0 spiro atoms. The van der Waals surface area contributed by atoms with E-state index < -0.39 is 0 Å². The van der Waals surface area contributed by atoms with E-state index in [1.165, 1.54) is 32.4 Å². The average Bonchev–Trinajstić information content (AvgIpc) is 2.74. The van der Waals surface area contributed by atoms with Crippen molar-refractivity contribution in [2.24, 2.45) is 0 Å². The molecular weight excluding hydrogens is 274 g/mol. The number of hydrogen-bond acceptors (Lipinski definition) is 4. The van der Waals surface area contributed by atoms with Gasteiger partial charge in [-0.05, 0) is 38.9 Å². The minimum Gasteiger partial charge on any atom is -0.369 e. The molecule has 0 bridgehead atoms. The summed E-state index contributed by atoms with van der Waals surface area (Å²) >= 11 is 5.95. The van der Waals surface area contributed by atoms with E-state index in [-0.39, 0.29) is 6.04 Å². The first-order valence-corrected chi connectivity index (χ1v) is 7.54. The van der Waals surface area contributed by atoms with Crippen molar-refractivity contribution >= 4 is 28.7 Å². The van der Waals surface area contributed by atoms with Gasteiger partial charge in [-0.2, -0.15) is 0 Å². The summed E-state index contributed by atoms with van der Waals surface area (Å²) in [6.07, 6.45) is 5.58. The molecule has 0 saturated carbocycles. The van der Waals surface area contributed by atoms with Crippen LogP contribution in [0.15, 0.2) is 12.3 Å². The molecule has 0 aromatic carbocycles. The second-order valence-corrected chi connectivity index (χ2v) is 5.98. The Labute approximate surface area is 123 Å². The monoisotopic (exact) mass is 293 g/mol. The molecule has 1 aliphatic heterocycles. The predicted octanol–water partition coefficient (Wildman–Crippen LogP) is 2.71. The third kappa shape index (κ3) is 2.60. The highest BCUT2D eigenvalue weighted by molar-refractivity contribution is 6.31. The maximum absolute atomic E-state index is 6.06. The normalized spacial score (nSPS) is 18.5. The zero-order chi connectivity index (χ0) is 14.1. The molecule has 3 rings (SSSR count). The number of halogens is 1. The van der Waals surface area contributed by atoms with Crippen molar-refractivity contribution in [2.45, 2.75) is 32.2 Å². The molecule has 20 heavy (non-hydrogen) atoms. The average molecular weight is 294 g/mol. The van der Waals surface area contributed by atoms with Gasteiger partial charge in [-0.3, -0.25) is 4.57 Å². The summed E-state index contributed by atoms with van der Waals surface area (Å²) in [6.45, 7) is 5.51. The lowest BCUT2D eigenvalue weighted by molar-refractivity contribution is 0.203. The highest BCUT2D eigenvalue weighted by atomic mass is 35.5. The second kappa shape index (κ2) is 5.58. The Balaban J connectivity index is 1.86. The molecule has 2 aromatic rings. The number of likely N-dealkylation sites (tertiary alicyclic amines) is 1. The van der Waals surface area contributed by atoms with Crippen molar-refractivity contribution in [3.05, 3.63) is 17.3 Å². The van der Waals surface area contributed by atoms with Crippen LogP contribution in [0.1, 0.15) is 32.2 Å². The van der Waals surface area contributed by atoms with Crippen LogP contribution >= 0.6 is 11.6 Å². The van der Waals surface area contributed by atoms with Crippen molar-refractivity contribution < 1.29 is 0 Å². The van der Waals surface area contributed by atoms with E-state index >= 15 is 0 Å². The Morgan fingerprint density at radius 1 is 1.35 bits per heavy atom. The van der Waals surface area contributed by atoms with Gasteiger partial charge >= 0.3 is 0 Å². The number of nitrogen functional groups attached to an aromatic ring is 1. The van der Waals surface area contributed by atoms with E-state index in [0.717, 1.165) is 17.7 Å². The maximum atomic E-state index is 6.06. The lowest BCUT2D eigenvalue weighted by atomic mass is 10.1. The summed E-state index contributed by atoms with van der Waals surface area (Å²) in [5.41, 5.74) is 7.64. The number of imidazole rings is 1. The number of aromatic nitrogens is 3. The number of pyridine rings is 1. The molecule has 1 aliphatic rings. The van der Waals surface area contributed by atoms with Gasteiger partial charge in [0.2, 0.25) is 5.95 Å². The van der Waals surface area contributed by atoms with Gasteiger partial charge in [0.15, 0.2) is 5.65 Å². The van der Waals surface area contributed by atoms with Crippen LogP contribution in [0.25, 0.3) is 11.2 Å². The summed E-state index contributed by atoms with van der Waals surface area (Å²) in [5, 5.41) is 0.589. The smallest absolute Gasteiger partial charge is 0.202 e. The van der Waals surface area contributed by atoms with Gasteiger partial charge in [-0.1, -0.05) is 18.0 Å². The first-order chi connectivity index (χ1) is 9.65. The number of anilines is 1. The minimum atomic E-state index is 0.256. The minimum absolute atomic E-state index is 0.256. The van der Waals surface area contributed by atoms with E-state index in [9.17, 15) is 0 Å². The molecule has 0 radical (unpaired) electrons. The van der Waals surface area contributed by atoms with Gasteiger partial charge in [0.05, 0.1) is 5.02 Å². The summed E-state index contributed by atoms with van der Waals surface area (Å²) < 4.78 is 2.01. The quantitative estimate of drug-likeness (QED) is 0.945. The van der Waals surface area contributed by atoms with Gasteiger partial charge in [0.25, 0.3) is 0 Å². The molecule has 0 amide bonds. The third-order valence-corrected chi connectivity index (χ3v) is 4.14. The topological polar surface area (TPSA) is 60.0 Å². The van der Waals surface area contributed by atoms with Crippen LogP contribution in [0, 0.1) is 0 Å². The number of hydrogen-bond donors (Lipinski definition) is 1. The van der Waals surface area contributed by atoms with Crippen molar-refractivity contribution in [3.63, 3.8) is 0 Å². The van der Waals surface area contributed by atoms with Crippen LogP contribution in [0.4, 0.5) is 5.95 Å². The zero-order valence-corrected chi connectivity index (χ0v) is 12.5. The van der Waals surface area contributed by atoms with Gasteiger partial charge in [0.1, 0.15) is 5.52 Å². The Bertz CT molecular complexity index is 603. The molecule has 1 saturated heterocycles. The molecule has 1 fully saturated rings. The molecule has 108 valence electrons. The Hall–Kier alpha value is -1.33. The number of rotatable bonds is 3. The van der Waals surface area contributed by atoms with Crippen molar-refractivity contribution in [2.75, 3.05) is 25.4 Å². The summed E-state index contributed by atoms with van der Waals surface area (Å²) in [5.74, 6) is 0.513. The largest absolute Gasteiger partial charge is 0.369 e. The van der Waals surface area contributed by atoms with Crippen LogP contribution in [0.3, 0.4) is 0 Å². The zero-order valence-electron chi connectivity index (χ0n) is 11.7. The van der Waals surface area contributed by atoms with E-state index in [4.69, 9.17) is 17.3 Å². The van der Waals surface area contributed by atoms with Crippen molar-refractivity contribution in [3.8, 4) is 0 Å². The van der Waals surface area contributed by atoms with Crippen molar-refractivity contribution in [1.82, 2.24) is 19.4 Å². The van der Waals surface area contributed by atoms with Crippen LogP contribution < -0.4 is 5.73 Å². The van der Waals surface area contributed by atoms with Crippen LogP contribution in [0.5, 0.6) is 0 Å². The fraction of sp³-hybridized carbons (Fsp3) is 0.571. The SMILES string of the molecule is CC(CN1CCCCC1)n1c(N)nc2cc(Cl)cnc21. The molecule has 2 aromatic heterocycles. The maximum Gasteiger partial charge on any atom is 0.202 e. The Kier molecular flexibility index (Phi) is 3.81. The van der Waals surface area contributed by atoms with E-state index in [1.54, 1.807) is 6.20 Å². The number of piperidine rings is 1. The van der Waals surface area contributed by atoms with Crippen LogP contribution in [-0.4, -0.2) is 39.1 Å². The highest BCUT2D eigenvalue weighted by Gasteiger charge is 2.19. The molecule has 5 nitrogen and oxygen atoms in total. The molecule has 1 unspecified atom stereocenters.